The van der Waals surface area contributed by atoms with Crippen molar-refractivity contribution in [1.29, 1.82) is 0 Å². The smallest absolute Gasteiger partial charge is 0.224 e. The van der Waals surface area contributed by atoms with Gasteiger partial charge in [-0.2, -0.15) is 4.98 Å². The van der Waals surface area contributed by atoms with E-state index in [-0.39, 0.29) is 5.54 Å². The summed E-state index contributed by atoms with van der Waals surface area (Å²) in [6.45, 7) is 8.48. The standard InChI is InChI=1S/C11H14ClN3/c1-7-6-15(11(2,3)4)9-8(7)5-13-10(12)14-9/h5-6H,1-4H3. The molecule has 0 saturated carbocycles. The van der Waals surface area contributed by atoms with Crippen LogP contribution in [0.2, 0.25) is 5.28 Å². The van der Waals surface area contributed by atoms with Gasteiger partial charge in [-0.25, -0.2) is 4.98 Å². The van der Waals surface area contributed by atoms with E-state index in [0.717, 1.165) is 11.0 Å². The van der Waals surface area contributed by atoms with E-state index in [2.05, 4.69) is 48.4 Å². The zero-order valence-electron chi connectivity index (χ0n) is 9.37. The maximum atomic E-state index is 5.81. The molecule has 0 fully saturated rings. The van der Waals surface area contributed by atoms with Crippen LogP contribution in [0.25, 0.3) is 11.0 Å². The number of halogens is 1. The van der Waals surface area contributed by atoms with E-state index in [4.69, 9.17) is 11.6 Å². The van der Waals surface area contributed by atoms with Gasteiger partial charge in [0.1, 0.15) is 5.65 Å². The lowest BCUT2D eigenvalue weighted by Gasteiger charge is -2.21. The molecule has 2 heterocycles. The summed E-state index contributed by atoms with van der Waals surface area (Å²) in [6, 6.07) is 0. The van der Waals surface area contributed by atoms with Gasteiger partial charge in [0.05, 0.1) is 0 Å². The Morgan fingerprint density at radius 3 is 2.60 bits per heavy atom. The molecule has 2 aromatic rings. The first kappa shape index (κ1) is 10.4. The minimum absolute atomic E-state index is 0.00416. The van der Waals surface area contributed by atoms with Crippen LogP contribution < -0.4 is 0 Å². The van der Waals surface area contributed by atoms with Crippen LogP contribution in [0.1, 0.15) is 26.3 Å². The van der Waals surface area contributed by atoms with E-state index in [1.54, 1.807) is 6.20 Å². The number of fused-ring (bicyclic) bond motifs is 1. The van der Waals surface area contributed by atoms with Gasteiger partial charge in [0, 0.05) is 23.3 Å². The second-order valence-corrected chi connectivity index (χ2v) is 5.07. The predicted octanol–water partition coefficient (Wildman–Crippen LogP) is 3.15. The molecule has 0 aliphatic rings. The molecule has 2 rings (SSSR count). The molecule has 0 aliphatic carbocycles. The van der Waals surface area contributed by atoms with E-state index in [0.29, 0.717) is 5.28 Å². The summed E-state index contributed by atoms with van der Waals surface area (Å²) < 4.78 is 2.13. The monoisotopic (exact) mass is 223 g/mol. The summed E-state index contributed by atoms with van der Waals surface area (Å²) in [5.74, 6) is 0. The first-order chi connectivity index (χ1) is 6.89. The van der Waals surface area contributed by atoms with Crippen molar-refractivity contribution in [2.45, 2.75) is 33.2 Å². The lowest BCUT2D eigenvalue weighted by molar-refractivity contribution is 0.408. The molecule has 0 saturated heterocycles. The first-order valence-electron chi connectivity index (χ1n) is 4.90. The largest absolute Gasteiger partial charge is 0.327 e. The highest BCUT2D eigenvalue weighted by molar-refractivity contribution is 6.28. The highest BCUT2D eigenvalue weighted by Crippen LogP contribution is 2.25. The van der Waals surface area contributed by atoms with E-state index in [9.17, 15) is 0 Å². The fraction of sp³-hybridized carbons (Fsp3) is 0.455. The van der Waals surface area contributed by atoms with Crippen molar-refractivity contribution in [3.05, 3.63) is 23.2 Å². The summed E-state index contributed by atoms with van der Waals surface area (Å²) in [5, 5.41) is 1.36. The molecule has 4 heteroatoms. The average Bonchev–Trinajstić information content (AvgIpc) is 2.42. The molecule has 0 spiro atoms. The van der Waals surface area contributed by atoms with E-state index in [1.807, 2.05) is 0 Å². The normalized spacial score (nSPS) is 12.3. The second kappa shape index (κ2) is 3.20. The highest BCUT2D eigenvalue weighted by Gasteiger charge is 2.18. The zero-order chi connectivity index (χ0) is 11.2. The SMILES string of the molecule is Cc1cn(C(C)(C)C)c2nc(Cl)ncc12. The lowest BCUT2D eigenvalue weighted by Crippen LogP contribution is -2.21. The Balaban J connectivity index is 2.81. The Kier molecular flexibility index (Phi) is 2.23. The quantitative estimate of drug-likeness (QED) is 0.643. The average molecular weight is 224 g/mol. The van der Waals surface area contributed by atoms with Gasteiger partial charge in [-0.3, -0.25) is 0 Å². The number of aryl methyl sites for hydroxylation is 1. The molecule has 0 radical (unpaired) electrons. The van der Waals surface area contributed by atoms with Crippen LogP contribution >= 0.6 is 11.6 Å². The Morgan fingerprint density at radius 1 is 1.33 bits per heavy atom. The zero-order valence-corrected chi connectivity index (χ0v) is 10.1. The summed E-state index contributed by atoms with van der Waals surface area (Å²) in [4.78, 5) is 8.28. The number of hydrogen-bond acceptors (Lipinski definition) is 2. The fourth-order valence-corrected chi connectivity index (χ4v) is 1.78. The van der Waals surface area contributed by atoms with Gasteiger partial charge in [-0.15, -0.1) is 0 Å². The van der Waals surface area contributed by atoms with Crippen LogP contribution in [-0.4, -0.2) is 14.5 Å². The van der Waals surface area contributed by atoms with Crippen molar-refractivity contribution in [3.63, 3.8) is 0 Å². The van der Waals surface area contributed by atoms with Gasteiger partial charge in [0.2, 0.25) is 5.28 Å². The van der Waals surface area contributed by atoms with Crippen molar-refractivity contribution < 1.29 is 0 Å². The molecule has 0 amide bonds. The minimum Gasteiger partial charge on any atom is -0.327 e. The Bertz CT molecular complexity index is 508. The highest BCUT2D eigenvalue weighted by atomic mass is 35.5. The maximum Gasteiger partial charge on any atom is 0.224 e. The summed E-state index contributed by atoms with van der Waals surface area (Å²) >= 11 is 5.81. The Morgan fingerprint density at radius 2 is 2.00 bits per heavy atom. The van der Waals surface area contributed by atoms with Crippen LogP contribution in [0.3, 0.4) is 0 Å². The molecule has 0 aliphatic heterocycles. The Labute approximate surface area is 94.1 Å². The van der Waals surface area contributed by atoms with Crippen LogP contribution in [0.5, 0.6) is 0 Å². The molecular formula is C11H14ClN3. The molecule has 0 atom stereocenters. The summed E-state index contributed by atoms with van der Waals surface area (Å²) in [6.07, 6.45) is 3.87. The number of nitrogens with zero attached hydrogens (tertiary/aromatic N) is 3. The Hall–Kier alpha value is -1.09. The number of rotatable bonds is 0. The molecule has 15 heavy (non-hydrogen) atoms. The summed E-state index contributed by atoms with van der Waals surface area (Å²) in [5.41, 5.74) is 2.08. The third-order valence-electron chi connectivity index (χ3n) is 2.44. The van der Waals surface area contributed by atoms with Crippen molar-refractivity contribution in [1.82, 2.24) is 14.5 Å². The number of hydrogen-bond donors (Lipinski definition) is 0. The second-order valence-electron chi connectivity index (χ2n) is 4.73. The molecular weight excluding hydrogens is 210 g/mol. The third-order valence-corrected chi connectivity index (χ3v) is 2.62. The van der Waals surface area contributed by atoms with Crippen LogP contribution in [0.4, 0.5) is 0 Å². The third kappa shape index (κ3) is 1.72. The van der Waals surface area contributed by atoms with Gasteiger partial charge in [-0.05, 0) is 44.9 Å². The van der Waals surface area contributed by atoms with Gasteiger partial charge in [-0.1, -0.05) is 0 Å². The number of aromatic nitrogens is 3. The van der Waals surface area contributed by atoms with Crippen LogP contribution in [0, 0.1) is 6.92 Å². The van der Waals surface area contributed by atoms with Crippen molar-refractivity contribution in [2.24, 2.45) is 0 Å². The molecule has 0 unspecified atom stereocenters. The van der Waals surface area contributed by atoms with Gasteiger partial charge >= 0.3 is 0 Å². The molecule has 2 aromatic heterocycles. The maximum absolute atomic E-state index is 5.81. The first-order valence-corrected chi connectivity index (χ1v) is 5.28. The minimum atomic E-state index is 0.00416. The molecule has 0 aromatic carbocycles. The molecule has 0 bridgehead atoms. The van der Waals surface area contributed by atoms with E-state index in [1.165, 1.54) is 5.56 Å². The van der Waals surface area contributed by atoms with Crippen LogP contribution in [0.15, 0.2) is 12.4 Å². The van der Waals surface area contributed by atoms with Gasteiger partial charge in [0.25, 0.3) is 0 Å². The van der Waals surface area contributed by atoms with Crippen molar-refractivity contribution >= 4 is 22.6 Å². The van der Waals surface area contributed by atoms with Gasteiger partial charge in [0.15, 0.2) is 0 Å². The van der Waals surface area contributed by atoms with Crippen molar-refractivity contribution in [3.8, 4) is 0 Å². The summed E-state index contributed by atoms with van der Waals surface area (Å²) in [7, 11) is 0. The van der Waals surface area contributed by atoms with E-state index >= 15 is 0 Å². The van der Waals surface area contributed by atoms with Crippen molar-refractivity contribution in [2.75, 3.05) is 0 Å². The lowest BCUT2D eigenvalue weighted by atomic mass is 10.1. The fourth-order valence-electron chi connectivity index (χ4n) is 1.65. The topological polar surface area (TPSA) is 30.7 Å². The van der Waals surface area contributed by atoms with E-state index < -0.39 is 0 Å². The van der Waals surface area contributed by atoms with Gasteiger partial charge < -0.3 is 4.57 Å². The molecule has 3 nitrogen and oxygen atoms in total. The molecule has 80 valence electrons. The molecule has 0 N–H and O–H groups in total. The predicted molar refractivity (Wildman–Crippen MR) is 62.3 cm³/mol. The van der Waals surface area contributed by atoms with Crippen LogP contribution in [-0.2, 0) is 5.54 Å².